The number of aliphatic hydroxyl groups is 1. The maximum atomic E-state index is 11.5. The van der Waals surface area contributed by atoms with Crippen molar-refractivity contribution in [2.24, 2.45) is 0 Å². The van der Waals surface area contributed by atoms with Crippen LogP contribution in [0, 0.1) is 6.92 Å². The molecule has 2 rings (SSSR count). The van der Waals surface area contributed by atoms with E-state index in [2.05, 4.69) is 0 Å². The van der Waals surface area contributed by atoms with E-state index in [1.54, 1.807) is 0 Å². The number of carbonyl (C=O) groups is 1. The van der Waals surface area contributed by atoms with E-state index in [4.69, 9.17) is 21.4 Å². The average Bonchev–Trinajstić information content (AvgIpc) is 2.74. The molecule has 2 aromatic rings. The summed E-state index contributed by atoms with van der Waals surface area (Å²) in [6, 6.07) is 3.90. The van der Waals surface area contributed by atoms with E-state index in [0.717, 1.165) is 28.5 Å². The molecule has 4 nitrogen and oxygen atoms in total. The monoisotopic (exact) mass is 295 g/mol. The van der Waals surface area contributed by atoms with Gasteiger partial charge in [0, 0.05) is 23.2 Å². The summed E-state index contributed by atoms with van der Waals surface area (Å²) < 4.78 is 6.56. The van der Waals surface area contributed by atoms with Crippen molar-refractivity contribution >= 4 is 28.5 Å². The van der Waals surface area contributed by atoms with Crippen molar-refractivity contribution in [3.05, 3.63) is 34.5 Å². The normalized spacial score (nSPS) is 11.0. The molecule has 0 atom stereocenters. The number of ether oxygens (including phenoxy) is 1. The Morgan fingerprint density at radius 2 is 2.20 bits per heavy atom. The second-order valence-electron chi connectivity index (χ2n) is 4.80. The first-order valence-electron chi connectivity index (χ1n) is 6.52. The van der Waals surface area contributed by atoms with E-state index in [0.29, 0.717) is 11.4 Å². The van der Waals surface area contributed by atoms with Crippen LogP contribution in [-0.4, -0.2) is 29.4 Å². The summed E-state index contributed by atoms with van der Waals surface area (Å²) in [5.74, 6) is -0.299. The number of hydrogen-bond donors (Lipinski definition) is 1. The molecule has 0 radical (unpaired) electrons. The Bertz CT molecular complexity index is 634. The summed E-state index contributed by atoms with van der Waals surface area (Å²) in [5, 5.41) is 10.7. The highest BCUT2D eigenvalue weighted by molar-refractivity contribution is 6.32. The minimum atomic E-state index is -0.299. The topological polar surface area (TPSA) is 51.5 Å². The molecule has 0 saturated carbocycles. The lowest BCUT2D eigenvalue weighted by molar-refractivity contribution is -0.141. The van der Waals surface area contributed by atoms with Crippen LogP contribution < -0.4 is 0 Å². The lowest BCUT2D eigenvalue weighted by Crippen LogP contribution is -2.10. The third-order valence-electron chi connectivity index (χ3n) is 3.38. The lowest BCUT2D eigenvalue weighted by Gasteiger charge is -2.05. The molecule has 0 fully saturated rings. The lowest BCUT2D eigenvalue weighted by atomic mass is 10.1. The fourth-order valence-electron chi connectivity index (χ4n) is 2.30. The number of nitrogens with zero attached hydrogens (tertiary/aromatic N) is 1. The Hall–Kier alpha value is -1.52. The van der Waals surface area contributed by atoms with Crippen molar-refractivity contribution in [3.63, 3.8) is 0 Å². The number of benzene rings is 1. The van der Waals surface area contributed by atoms with Gasteiger partial charge in [-0.05, 0) is 43.0 Å². The van der Waals surface area contributed by atoms with Gasteiger partial charge in [-0.15, -0.1) is 0 Å². The standard InChI is InChI=1S/C15H18ClNO3/c1-10-6-12-11(4-3-5-18)8-17(9-15(19)20-2)14(12)7-13(10)16/h6-8,18H,3-5,9H2,1-2H3. The van der Waals surface area contributed by atoms with Gasteiger partial charge < -0.3 is 14.4 Å². The van der Waals surface area contributed by atoms with Crippen LogP contribution in [0.2, 0.25) is 5.02 Å². The van der Waals surface area contributed by atoms with Crippen LogP contribution in [0.4, 0.5) is 0 Å². The molecule has 1 aromatic carbocycles. The second-order valence-corrected chi connectivity index (χ2v) is 5.21. The Balaban J connectivity index is 2.51. The summed E-state index contributed by atoms with van der Waals surface area (Å²) in [6.07, 6.45) is 3.40. The molecule has 0 aliphatic carbocycles. The van der Waals surface area contributed by atoms with Gasteiger partial charge in [-0.3, -0.25) is 4.79 Å². The molecule has 0 bridgehead atoms. The summed E-state index contributed by atoms with van der Waals surface area (Å²) in [6.45, 7) is 2.26. The molecule has 0 unspecified atom stereocenters. The number of halogens is 1. The van der Waals surface area contributed by atoms with Crippen LogP contribution in [0.5, 0.6) is 0 Å². The second kappa shape index (κ2) is 6.29. The van der Waals surface area contributed by atoms with Gasteiger partial charge in [0.25, 0.3) is 0 Å². The van der Waals surface area contributed by atoms with Crippen molar-refractivity contribution in [1.82, 2.24) is 4.57 Å². The molecule has 5 heteroatoms. The van der Waals surface area contributed by atoms with Crippen LogP contribution in [-0.2, 0) is 22.5 Å². The molecule has 20 heavy (non-hydrogen) atoms. The van der Waals surface area contributed by atoms with Crippen molar-refractivity contribution in [2.75, 3.05) is 13.7 Å². The van der Waals surface area contributed by atoms with E-state index in [1.165, 1.54) is 7.11 Å². The minimum Gasteiger partial charge on any atom is -0.468 e. The van der Waals surface area contributed by atoms with Crippen molar-refractivity contribution in [3.8, 4) is 0 Å². The summed E-state index contributed by atoms with van der Waals surface area (Å²) in [4.78, 5) is 11.5. The first-order chi connectivity index (χ1) is 9.56. The molecular weight excluding hydrogens is 278 g/mol. The quantitative estimate of drug-likeness (QED) is 0.863. The van der Waals surface area contributed by atoms with E-state index in [-0.39, 0.29) is 19.1 Å². The van der Waals surface area contributed by atoms with Gasteiger partial charge in [-0.1, -0.05) is 11.6 Å². The minimum absolute atomic E-state index is 0.149. The highest BCUT2D eigenvalue weighted by Crippen LogP contribution is 2.28. The predicted octanol–water partition coefficient (Wildman–Crippen LogP) is 2.70. The first kappa shape index (κ1) is 14.9. The van der Waals surface area contributed by atoms with Gasteiger partial charge in [-0.2, -0.15) is 0 Å². The molecule has 0 aliphatic rings. The van der Waals surface area contributed by atoms with E-state index in [1.807, 2.05) is 29.8 Å². The van der Waals surface area contributed by atoms with Crippen LogP contribution >= 0.6 is 11.6 Å². The largest absolute Gasteiger partial charge is 0.468 e. The molecular formula is C15H18ClNO3. The van der Waals surface area contributed by atoms with Crippen LogP contribution in [0.1, 0.15) is 17.5 Å². The maximum Gasteiger partial charge on any atom is 0.325 e. The highest BCUT2D eigenvalue weighted by atomic mass is 35.5. The summed E-state index contributed by atoms with van der Waals surface area (Å²) in [5.41, 5.74) is 3.02. The highest BCUT2D eigenvalue weighted by Gasteiger charge is 2.13. The number of aryl methyl sites for hydroxylation is 2. The number of aromatic nitrogens is 1. The Morgan fingerprint density at radius 1 is 1.45 bits per heavy atom. The van der Waals surface area contributed by atoms with Gasteiger partial charge in [-0.25, -0.2) is 0 Å². The maximum absolute atomic E-state index is 11.5. The van der Waals surface area contributed by atoms with Gasteiger partial charge >= 0.3 is 5.97 Å². The zero-order chi connectivity index (χ0) is 14.7. The van der Waals surface area contributed by atoms with Crippen LogP contribution in [0.3, 0.4) is 0 Å². The van der Waals surface area contributed by atoms with E-state index < -0.39 is 0 Å². The number of carbonyl (C=O) groups excluding carboxylic acids is 1. The molecule has 1 aromatic heterocycles. The predicted molar refractivity (Wildman–Crippen MR) is 79.1 cm³/mol. The molecule has 0 spiro atoms. The SMILES string of the molecule is COC(=O)Cn1cc(CCCO)c2cc(C)c(Cl)cc21. The number of fused-ring (bicyclic) bond motifs is 1. The smallest absolute Gasteiger partial charge is 0.325 e. The number of methoxy groups -OCH3 is 1. The Morgan fingerprint density at radius 3 is 2.85 bits per heavy atom. The van der Waals surface area contributed by atoms with Gasteiger partial charge in [0.1, 0.15) is 6.54 Å². The van der Waals surface area contributed by atoms with Gasteiger partial charge in [0.2, 0.25) is 0 Å². The molecule has 108 valence electrons. The van der Waals surface area contributed by atoms with E-state index in [9.17, 15) is 4.79 Å². The molecule has 1 N–H and O–H groups in total. The van der Waals surface area contributed by atoms with Crippen molar-refractivity contribution in [1.29, 1.82) is 0 Å². The third-order valence-corrected chi connectivity index (χ3v) is 3.78. The summed E-state index contributed by atoms with van der Waals surface area (Å²) in [7, 11) is 1.37. The average molecular weight is 296 g/mol. The van der Waals surface area contributed by atoms with E-state index >= 15 is 0 Å². The fourth-order valence-corrected chi connectivity index (χ4v) is 2.45. The molecule has 0 saturated heterocycles. The fraction of sp³-hybridized carbons (Fsp3) is 0.400. The van der Waals surface area contributed by atoms with Crippen molar-refractivity contribution in [2.45, 2.75) is 26.3 Å². The number of hydrogen-bond acceptors (Lipinski definition) is 3. The number of aliphatic hydroxyl groups excluding tert-OH is 1. The number of esters is 1. The molecule has 0 aliphatic heterocycles. The van der Waals surface area contributed by atoms with Crippen LogP contribution in [0.15, 0.2) is 18.3 Å². The first-order valence-corrected chi connectivity index (χ1v) is 6.90. The van der Waals surface area contributed by atoms with Crippen LogP contribution in [0.25, 0.3) is 10.9 Å². The summed E-state index contributed by atoms with van der Waals surface area (Å²) >= 11 is 6.17. The Kier molecular flexibility index (Phi) is 4.68. The van der Waals surface area contributed by atoms with Gasteiger partial charge in [0.15, 0.2) is 0 Å². The zero-order valence-corrected chi connectivity index (χ0v) is 12.4. The van der Waals surface area contributed by atoms with Gasteiger partial charge in [0.05, 0.1) is 12.6 Å². The number of rotatable bonds is 5. The molecule has 0 amide bonds. The van der Waals surface area contributed by atoms with Crippen molar-refractivity contribution < 1.29 is 14.6 Å². The zero-order valence-electron chi connectivity index (χ0n) is 11.6. The third kappa shape index (κ3) is 2.97. The molecule has 1 heterocycles. The Labute approximate surface area is 122 Å².